The third-order valence-electron chi connectivity index (χ3n) is 5.58. The minimum atomic E-state index is -0.218. The monoisotopic (exact) mass is 430 g/mol. The molecular formula is C26H18N6O. The lowest BCUT2D eigenvalue weighted by atomic mass is 10.2. The number of hydrogen-bond acceptors (Lipinski definition) is 5. The van der Waals surface area contributed by atoms with Crippen LogP contribution >= 0.6 is 0 Å². The van der Waals surface area contributed by atoms with Crippen LogP contribution in [0.25, 0.3) is 38.9 Å². The van der Waals surface area contributed by atoms with Crippen LogP contribution in [0.4, 0.5) is 0 Å². The van der Waals surface area contributed by atoms with Gasteiger partial charge in [-0.15, -0.1) is 0 Å². The lowest BCUT2D eigenvalue weighted by molar-refractivity contribution is 0.906. The Morgan fingerprint density at radius 2 is 1.52 bits per heavy atom. The fourth-order valence-electron chi connectivity index (χ4n) is 3.88. The van der Waals surface area contributed by atoms with E-state index < -0.39 is 0 Å². The van der Waals surface area contributed by atoms with Crippen LogP contribution in [0.2, 0.25) is 0 Å². The van der Waals surface area contributed by atoms with Gasteiger partial charge in [-0.3, -0.25) is 9.36 Å². The quantitative estimate of drug-likeness (QED) is 0.388. The third kappa shape index (κ3) is 3.18. The van der Waals surface area contributed by atoms with E-state index in [1.54, 1.807) is 10.9 Å². The molecule has 0 saturated heterocycles. The molecule has 0 fully saturated rings. The second kappa shape index (κ2) is 7.49. The molecule has 0 aliphatic heterocycles. The van der Waals surface area contributed by atoms with Gasteiger partial charge in [0.05, 0.1) is 22.9 Å². The van der Waals surface area contributed by atoms with Gasteiger partial charge in [-0.2, -0.15) is 9.78 Å². The molecule has 0 radical (unpaired) electrons. The lowest BCUT2D eigenvalue weighted by Gasteiger charge is -2.04. The first-order valence-electron chi connectivity index (χ1n) is 10.5. The van der Waals surface area contributed by atoms with Gasteiger partial charge in [0.1, 0.15) is 17.2 Å². The molecule has 6 rings (SSSR count). The summed E-state index contributed by atoms with van der Waals surface area (Å²) in [4.78, 5) is 27.8. The summed E-state index contributed by atoms with van der Waals surface area (Å²) in [6.07, 6.45) is 3.26. The van der Waals surface area contributed by atoms with Crippen LogP contribution in [0.3, 0.4) is 0 Å². The maximum absolute atomic E-state index is 13.6. The first-order valence-corrected chi connectivity index (χ1v) is 10.5. The highest BCUT2D eigenvalue weighted by molar-refractivity contribution is 6.05. The third-order valence-corrected chi connectivity index (χ3v) is 5.58. The van der Waals surface area contributed by atoms with Crippen molar-refractivity contribution in [2.75, 3.05) is 0 Å². The smallest absolute Gasteiger partial charge is 0.268 e. The van der Waals surface area contributed by atoms with Crippen LogP contribution in [0, 0.1) is 6.92 Å². The highest BCUT2D eigenvalue weighted by Gasteiger charge is 2.20. The number of aryl methyl sites for hydroxylation is 1. The standard InChI is InChI=1S/C26H18N6O/c1-17-11-13-18(14-12-17)15-28-32-24-22(23-25(32)30-21-10-6-5-9-20(21)29-23)26(33)31(16-27-24)19-7-3-2-4-8-19/h2-16H,1H3/b28-15-. The summed E-state index contributed by atoms with van der Waals surface area (Å²) in [6, 6.07) is 25.0. The first-order chi connectivity index (χ1) is 16.2. The Morgan fingerprint density at radius 1 is 0.818 bits per heavy atom. The molecule has 0 spiro atoms. The molecule has 3 aromatic heterocycles. The fourth-order valence-corrected chi connectivity index (χ4v) is 3.88. The molecule has 0 saturated carbocycles. The van der Waals surface area contributed by atoms with Crippen LogP contribution in [0.15, 0.2) is 95.1 Å². The number of nitrogens with zero attached hydrogens (tertiary/aromatic N) is 6. The molecule has 7 nitrogen and oxygen atoms in total. The minimum absolute atomic E-state index is 0.218. The Morgan fingerprint density at radius 3 is 2.27 bits per heavy atom. The van der Waals surface area contributed by atoms with Gasteiger partial charge in [-0.25, -0.2) is 15.0 Å². The maximum atomic E-state index is 13.6. The normalized spacial score (nSPS) is 11.8. The van der Waals surface area contributed by atoms with Crippen molar-refractivity contribution in [1.82, 2.24) is 24.2 Å². The number of aromatic nitrogens is 5. The topological polar surface area (TPSA) is 78.0 Å². The number of hydrogen-bond donors (Lipinski definition) is 0. The van der Waals surface area contributed by atoms with Crippen molar-refractivity contribution in [3.05, 3.63) is 107 Å². The molecule has 0 N–H and O–H groups in total. The van der Waals surface area contributed by atoms with Crippen molar-refractivity contribution < 1.29 is 0 Å². The number of rotatable bonds is 3. The molecular weight excluding hydrogens is 412 g/mol. The van der Waals surface area contributed by atoms with Gasteiger partial charge < -0.3 is 0 Å². The second-order valence-corrected chi connectivity index (χ2v) is 7.81. The molecule has 0 aliphatic rings. The zero-order valence-electron chi connectivity index (χ0n) is 17.8. The Labute approximate surface area is 188 Å². The summed E-state index contributed by atoms with van der Waals surface area (Å²) < 4.78 is 3.12. The van der Waals surface area contributed by atoms with E-state index in [0.717, 1.165) is 16.8 Å². The average molecular weight is 430 g/mol. The van der Waals surface area contributed by atoms with Crippen molar-refractivity contribution >= 4 is 39.4 Å². The predicted octanol–water partition coefficient (Wildman–Crippen LogP) is 4.47. The molecule has 6 aromatic rings. The van der Waals surface area contributed by atoms with Gasteiger partial charge in [0.25, 0.3) is 5.56 Å². The highest BCUT2D eigenvalue weighted by atomic mass is 16.1. The van der Waals surface area contributed by atoms with Gasteiger partial charge >= 0.3 is 0 Å². The summed E-state index contributed by atoms with van der Waals surface area (Å²) in [7, 11) is 0. The number of fused-ring (bicyclic) bond motifs is 4. The average Bonchev–Trinajstić information content (AvgIpc) is 3.16. The van der Waals surface area contributed by atoms with Crippen molar-refractivity contribution in [2.24, 2.45) is 5.10 Å². The van der Waals surface area contributed by atoms with E-state index in [-0.39, 0.29) is 5.56 Å². The predicted molar refractivity (Wildman–Crippen MR) is 130 cm³/mol. The molecule has 0 amide bonds. The van der Waals surface area contributed by atoms with Crippen molar-refractivity contribution in [3.8, 4) is 5.69 Å². The molecule has 3 aromatic carbocycles. The van der Waals surface area contributed by atoms with Crippen LogP contribution in [-0.4, -0.2) is 30.4 Å². The van der Waals surface area contributed by atoms with E-state index in [1.807, 2.05) is 85.8 Å². The van der Waals surface area contributed by atoms with Crippen LogP contribution < -0.4 is 5.56 Å². The van der Waals surface area contributed by atoms with E-state index in [4.69, 9.17) is 9.97 Å². The summed E-state index contributed by atoms with van der Waals surface area (Å²) >= 11 is 0. The number of benzene rings is 3. The summed E-state index contributed by atoms with van der Waals surface area (Å²) in [6.45, 7) is 2.04. The lowest BCUT2D eigenvalue weighted by Crippen LogP contribution is -2.18. The highest BCUT2D eigenvalue weighted by Crippen LogP contribution is 2.25. The first kappa shape index (κ1) is 19.1. The van der Waals surface area contributed by atoms with E-state index in [2.05, 4.69) is 10.1 Å². The van der Waals surface area contributed by atoms with E-state index >= 15 is 0 Å². The number of para-hydroxylation sites is 3. The molecule has 7 heteroatoms. The van der Waals surface area contributed by atoms with Crippen molar-refractivity contribution in [3.63, 3.8) is 0 Å². The minimum Gasteiger partial charge on any atom is -0.268 e. The second-order valence-electron chi connectivity index (χ2n) is 7.81. The molecule has 0 unspecified atom stereocenters. The maximum Gasteiger partial charge on any atom is 0.269 e. The van der Waals surface area contributed by atoms with Gasteiger partial charge in [-0.05, 0) is 36.8 Å². The van der Waals surface area contributed by atoms with Gasteiger partial charge in [0.2, 0.25) is 0 Å². The molecule has 0 bridgehead atoms. The van der Waals surface area contributed by atoms with Crippen LogP contribution in [0.5, 0.6) is 0 Å². The summed E-state index contributed by atoms with van der Waals surface area (Å²) in [5.74, 6) is 0. The largest absolute Gasteiger partial charge is 0.269 e. The van der Waals surface area contributed by atoms with Gasteiger partial charge in [-0.1, -0.05) is 60.2 Å². The Bertz CT molecular complexity index is 1730. The molecule has 33 heavy (non-hydrogen) atoms. The Kier molecular flexibility index (Phi) is 4.33. The fraction of sp³-hybridized carbons (Fsp3) is 0.0385. The van der Waals surface area contributed by atoms with Crippen LogP contribution in [-0.2, 0) is 0 Å². The zero-order valence-corrected chi connectivity index (χ0v) is 17.8. The van der Waals surface area contributed by atoms with Crippen LogP contribution in [0.1, 0.15) is 11.1 Å². The molecule has 158 valence electrons. The zero-order chi connectivity index (χ0) is 22.4. The van der Waals surface area contributed by atoms with E-state index in [9.17, 15) is 4.79 Å². The van der Waals surface area contributed by atoms with E-state index in [0.29, 0.717) is 27.7 Å². The Balaban J connectivity index is 1.67. The molecule has 3 heterocycles. The van der Waals surface area contributed by atoms with E-state index in [1.165, 1.54) is 16.5 Å². The summed E-state index contributed by atoms with van der Waals surface area (Å²) in [5.41, 5.74) is 5.44. The Hall–Kier alpha value is -4.65. The SMILES string of the molecule is Cc1ccc(/C=N\n2c3nc4ccccc4nc3c3c(=O)n(-c4ccccc4)cnc32)cc1. The molecule has 0 aliphatic carbocycles. The summed E-state index contributed by atoms with van der Waals surface area (Å²) in [5, 5.41) is 5.04. The van der Waals surface area contributed by atoms with Crippen molar-refractivity contribution in [2.45, 2.75) is 6.92 Å². The molecule has 0 atom stereocenters. The van der Waals surface area contributed by atoms with Gasteiger partial charge in [0.15, 0.2) is 11.3 Å². The van der Waals surface area contributed by atoms with Crippen molar-refractivity contribution in [1.29, 1.82) is 0 Å². The van der Waals surface area contributed by atoms with Gasteiger partial charge in [0, 0.05) is 0 Å².